The van der Waals surface area contributed by atoms with E-state index in [-0.39, 0.29) is 16.0 Å². The van der Waals surface area contributed by atoms with Crippen LogP contribution in [0.25, 0.3) is 0 Å². The molecule has 0 bridgehead atoms. The molecule has 1 fully saturated rings. The van der Waals surface area contributed by atoms with Crippen molar-refractivity contribution in [1.82, 2.24) is 0 Å². The summed E-state index contributed by atoms with van der Waals surface area (Å²) in [5, 5.41) is 20.5. The SMILES string of the molecule is O=S(=O)(c1ccccc1)C1(c2ccc(C(OCc3ccccc3)(C(F)(F)F)C(F)(F)F)cc2)CC(O)C(O)C1. The van der Waals surface area contributed by atoms with Crippen molar-refractivity contribution in [3.63, 3.8) is 0 Å². The van der Waals surface area contributed by atoms with Crippen LogP contribution in [0.3, 0.4) is 0 Å². The number of rotatable bonds is 7. The molecule has 0 radical (unpaired) electrons. The molecule has 0 aromatic heterocycles. The average Bonchev–Trinajstić information content (AvgIpc) is 3.20. The van der Waals surface area contributed by atoms with Crippen LogP contribution >= 0.6 is 0 Å². The van der Waals surface area contributed by atoms with Crippen molar-refractivity contribution in [2.45, 2.75) is 59.3 Å². The Kier molecular flexibility index (Phi) is 7.63. The Morgan fingerprint density at radius 2 is 1.21 bits per heavy atom. The molecule has 4 rings (SSSR count). The summed E-state index contributed by atoms with van der Waals surface area (Å²) in [6.45, 7) is -1.01. The van der Waals surface area contributed by atoms with E-state index >= 15 is 0 Å². The second kappa shape index (κ2) is 10.2. The first-order chi connectivity index (χ1) is 18.2. The third-order valence-electron chi connectivity index (χ3n) is 7.00. The quantitative estimate of drug-likeness (QED) is 0.369. The first-order valence-electron chi connectivity index (χ1n) is 11.7. The van der Waals surface area contributed by atoms with Crippen LogP contribution in [0.2, 0.25) is 0 Å². The molecule has 39 heavy (non-hydrogen) atoms. The molecule has 0 saturated heterocycles. The van der Waals surface area contributed by atoms with Crippen LogP contribution < -0.4 is 0 Å². The van der Waals surface area contributed by atoms with Crippen LogP contribution in [-0.2, 0) is 31.5 Å². The Balaban J connectivity index is 1.84. The van der Waals surface area contributed by atoms with Gasteiger partial charge < -0.3 is 14.9 Å². The van der Waals surface area contributed by atoms with E-state index in [2.05, 4.69) is 4.74 Å². The fourth-order valence-electron chi connectivity index (χ4n) is 4.98. The molecule has 2 N–H and O–H groups in total. The van der Waals surface area contributed by atoms with Crippen LogP contribution in [0.4, 0.5) is 26.3 Å². The smallest absolute Gasteiger partial charge is 0.390 e. The van der Waals surface area contributed by atoms with Gasteiger partial charge in [-0.3, -0.25) is 0 Å². The molecule has 3 aromatic rings. The lowest BCUT2D eigenvalue weighted by atomic mass is 9.88. The number of hydrogen-bond acceptors (Lipinski definition) is 5. The van der Waals surface area contributed by atoms with E-state index in [1.54, 1.807) is 12.1 Å². The van der Waals surface area contributed by atoms with Crippen molar-refractivity contribution >= 4 is 9.84 Å². The molecule has 3 aromatic carbocycles. The fraction of sp³-hybridized carbons (Fsp3) is 0.333. The van der Waals surface area contributed by atoms with Gasteiger partial charge >= 0.3 is 12.4 Å². The third-order valence-corrected chi connectivity index (χ3v) is 9.49. The Morgan fingerprint density at radius 1 is 0.744 bits per heavy atom. The van der Waals surface area contributed by atoms with Gasteiger partial charge in [-0.25, -0.2) is 8.42 Å². The van der Waals surface area contributed by atoms with Crippen molar-refractivity contribution in [3.05, 3.63) is 102 Å². The molecule has 2 atom stereocenters. The Bertz CT molecular complexity index is 1350. The number of aliphatic hydroxyl groups excluding tert-OH is 2. The summed E-state index contributed by atoms with van der Waals surface area (Å²) in [5.74, 6) is 0. The molecule has 1 saturated carbocycles. The van der Waals surface area contributed by atoms with E-state index in [9.17, 15) is 45.0 Å². The largest absolute Gasteiger partial charge is 0.430 e. The zero-order chi connectivity index (χ0) is 28.7. The van der Waals surface area contributed by atoms with Crippen molar-refractivity contribution < 1.29 is 49.7 Å². The molecule has 1 aliphatic rings. The third kappa shape index (κ3) is 4.94. The first-order valence-corrected chi connectivity index (χ1v) is 13.2. The van der Waals surface area contributed by atoms with Crippen molar-refractivity contribution in [1.29, 1.82) is 0 Å². The molecule has 1 aliphatic carbocycles. The molecule has 0 spiro atoms. The Morgan fingerprint density at radius 3 is 1.67 bits per heavy atom. The van der Waals surface area contributed by atoms with Crippen molar-refractivity contribution in [2.75, 3.05) is 0 Å². The minimum absolute atomic E-state index is 0.0776. The molecule has 210 valence electrons. The number of alkyl halides is 6. The molecule has 5 nitrogen and oxygen atoms in total. The van der Waals surface area contributed by atoms with Crippen LogP contribution in [0.5, 0.6) is 0 Å². The second-order valence-corrected chi connectivity index (χ2v) is 11.6. The summed E-state index contributed by atoms with van der Waals surface area (Å²) in [7, 11) is -4.37. The summed E-state index contributed by atoms with van der Waals surface area (Å²) < 4.78 is 115. The van der Waals surface area contributed by atoms with Gasteiger partial charge in [0, 0.05) is 5.56 Å². The lowest BCUT2D eigenvalue weighted by Crippen LogP contribution is -2.55. The maximum atomic E-state index is 14.2. The number of aliphatic hydroxyl groups is 2. The van der Waals surface area contributed by atoms with Crippen molar-refractivity contribution in [2.24, 2.45) is 0 Å². The van der Waals surface area contributed by atoms with Gasteiger partial charge in [0.25, 0.3) is 5.60 Å². The predicted molar refractivity (Wildman–Crippen MR) is 128 cm³/mol. The molecule has 2 unspecified atom stereocenters. The Hall–Kier alpha value is -2.93. The maximum Gasteiger partial charge on any atom is 0.430 e. The molecule has 0 amide bonds. The van der Waals surface area contributed by atoms with Crippen LogP contribution in [0, 0.1) is 0 Å². The van der Waals surface area contributed by atoms with E-state index in [4.69, 9.17) is 0 Å². The van der Waals surface area contributed by atoms with E-state index in [0.29, 0.717) is 12.1 Å². The summed E-state index contributed by atoms with van der Waals surface area (Å²) >= 11 is 0. The zero-order valence-corrected chi connectivity index (χ0v) is 21.0. The predicted octanol–water partition coefficient (Wildman–Crippen LogP) is 5.41. The number of benzene rings is 3. The standard InChI is InChI=1S/C27H24F6O5S/c28-26(29,30)25(27(31,32)33,38-17-18-7-3-1-4-8-18)20-13-11-19(12-14-20)24(15-22(34)23(35)16-24)39(36,37)21-9-5-2-6-10-21/h1-14,22-23,34-35H,15-17H2. The van der Waals surface area contributed by atoms with Crippen LogP contribution in [0.15, 0.2) is 89.8 Å². The van der Waals surface area contributed by atoms with Gasteiger partial charge in [-0.2, -0.15) is 26.3 Å². The minimum Gasteiger partial charge on any atom is -0.390 e. The Labute approximate surface area is 220 Å². The highest BCUT2D eigenvalue weighted by Crippen LogP contribution is 2.54. The molecular formula is C27H24F6O5S. The number of ether oxygens (including phenoxy) is 1. The lowest BCUT2D eigenvalue weighted by molar-refractivity contribution is -0.392. The van der Waals surface area contributed by atoms with Gasteiger partial charge in [-0.1, -0.05) is 72.8 Å². The summed E-state index contributed by atoms with van der Waals surface area (Å²) in [4.78, 5) is -0.179. The molecular weight excluding hydrogens is 550 g/mol. The highest BCUT2D eigenvalue weighted by atomic mass is 32.2. The molecule has 0 heterocycles. The monoisotopic (exact) mass is 574 g/mol. The van der Waals surface area contributed by atoms with E-state index in [1.807, 2.05) is 0 Å². The highest BCUT2D eigenvalue weighted by molar-refractivity contribution is 7.92. The fourth-order valence-corrected chi connectivity index (χ4v) is 7.17. The van der Waals surface area contributed by atoms with Gasteiger partial charge in [0.2, 0.25) is 0 Å². The first kappa shape index (κ1) is 29.1. The molecule has 0 aliphatic heterocycles. The van der Waals surface area contributed by atoms with Crippen LogP contribution in [0.1, 0.15) is 29.5 Å². The zero-order valence-electron chi connectivity index (χ0n) is 20.2. The van der Waals surface area contributed by atoms with Gasteiger partial charge in [0.15, 0.2) is 9.84 Å². The summed E-state index contributed by atoms with van der Waals surface area (Å²) in [5.41, 5.74) is -6.11. The minimum atomic E-state index is -5.94. The second-order valence-electron chi connectivity index (χ2n) is 9.38. The number of halogens is 6. The van der Waals surface area contributed by atoms with Gasteiger partial charge in [-0.05, 0) is 36.1 Å². The number of sulfone groups is 1. The molecule has 12 heteroatoms. The highest BCUT2D eigenvalue weighted by Gasteiger charge is 2.73. The van der Waals surface area contributed by atoms with Crippen molar-refractivity contribution in [3.8, 4) is 0 Å². The maximum absolute atomic E-state index is 14.2. The van der Waals surface area contributed by atoms with Crippen LogP contribution in [-0.4, -0.2) is 43.2 Å². The van der Waals surface area contributed by atoms with E-state index in [0.717, 1.165) is 12.1 Å². The van der Waals surface area contributed by atoms with Gasteiger partial charge in [0.1, 0.15) is 4.75 Å². The average molecular weight is 575 g/mol. The topological polar surface area (TPSA) is 83.8 Å². The van der Waals surface area contributed by atoms with E-state index in [1.165, 1.54) is 48.5 Å². The summed E-state index contributed by atoms with van der Waals surface area (Å²) in [6, 6.07) is 16.8. The van der Waals surface area contributed by atoms with Gasteiger partial charge in [-0.15, -0.1) is 0 Å². The normalized spacial score (nSPS) is 22.7. The summed E-state index contributed by atoms with van der Waals surface area (Å²) in [6.07, 6.45) is -15.9. The lowest BCUT2D eigenvalue weighted by Gasteiger charge is -2.38. The van der Waals surface area contributed by atoms with Gasteiger partial charge in [0.05, 0.1) is 23.7 Å². The van der Waals surface area contributed by atoms with E-state index < -0.39 is 69.8 Å². The number of hydrogen-bond donors (Lipinski definition) is 2.